The van der Waals surface area contributed by atoms with Crippen molar-refractivity contribution >= 4 is 17.3 Å². The van der Waals surface area contributed by atoms with E-state index in [1.54, 1.807) is 0 Å². The maximum absolute atomic E-state index is 13.2. The lowest BCUT2D eigenvalue weighted by Gasteiger charge is -2.09. The second-order valence-corrected chi connectivity index (χ2v) is 4.62. The summed E-state index contributed by atoms with van der Waals surface area (Å²) in [4.78, 5) is 15.8. The molecule has 0 unspecified atom stereocenters. The van der Waals surface area contributed by atoms with Crippen molar-refractivity contribution in [2.24, 2.45) is 4.99 Å². The second kappa shape index (κ2) is 5.95. The summed E-state index contributed by atoms with van der Waals surface area (Å²) in [7, 11) is 0. The van der Waals surface area contributed by atoms with Gasteiger partial charge >= 0.3 is 0 Å². The molecule has 1 aliphatic heterocycles. The molecule has 0 saturated heterocycles. The van der Waals surface area contributed by atoms with Crippen molar-refractivity contribution in [1.29, 1.82) is 0 Å². The van der Waals surface area contributed by atoms with Crippen LogP contribution in [0.3, 0.4) is 0 Å². The zero-order valence-corrected chi connectivity index (χ0v) is 11.2. The van der Waals surface area contributed by atoms with Gasteiger partial charge in [0.1, 0.15) is 11.5 Å². The van der Waals surface area contributed by atoms with Gasteiger partial charge in [0.25, 0.3) is 11.8 Å². The van der Waals surface area contributed by atoms with Crippen LogP contribution < -0.4 is 5.32 Å². The quantitative estimate of drug-likeness (QED) is 0.907. The number of aliphatic imine (C=N–C) groups is 1. The van der Waals surface area contributed by atoms with Gasteiger partial charge in [-0.1, -0.05) is 12.2 Å². The number of nitrogens with zero attached hydrogens (tertiary/aromatic N) is 1. The van der Waals surface area contributed by atoms with Crippen LogP contribution in [-0.4, -0.2) is 17.5 Å². The zero-order valence-electron chi connectivity index (χ0n) is 11.2. The SMILES string of the molecule is CC(F)(F)C1=CN=C(C(=O)Nc2ccc(F)cc2)CC=C1. The third kappa shape index (κ3) is 4.05. The van der Waals surface area contributed by atoms with E-state index in [2.05, 4.69) is 10.3 Å². The first-order valence-corrected chi connectivity index (χ1v) is 6.25. The molecule has 1 aromatic carbocycles. The minimum absolute atomic E-state index is 0.106. The summed E-state index contributed by atoms with van der Waals surface area (Å²) in [5.74, 6) is -3.94. The van der Waals surface area contributed by atoms with Crippen LogP contribution >= 0.6 is 0 Å². The lowest BCUT2D eigenvalue weighted by molar-refractivity contribution is -0.110. The number of rotatable bonds is 3. The van der Waals surface area contributed by atoms with E-state index in [1.165, 1.54) is 36.4 Å². The van der Waals surface area contributed by atoms with E-state index in [1.807, 2.05) is 0 Å². The van der Waals surface area contributed by atoms with Crippen LogP contribution in [0.15, 0.2) is 53.2 Å². The molecule has 21 heavy (non-hydrogen) atoms. The van der Waals surface area contributed by atoms with Gasteiger partial charge in [0.05, 0.1) is 0 Å². The van der Waals surface area contributed by atoms with Crippen molar-refractivity contribution < 1.29 is 18.0 Å². The first-order valence-electron chi connectivity index (χ1n) is 6.25. The standard InChI is InChI=1S/C15H13F3N2O/c1-15(17,18)10-3-2-4-13(19-9-10)14(21)20-12-7-5-11(16)6-8-12/h2-3,5-9H,4H2,1H3,(H,20,21). The van der Waals surface area contributed by atoms with E-state index in [-0.39, 0.29) is 17.7 Å². The van der Waals surface area contributed by atoms with E-state index in [4.69, 9.17) is 0 Å². The third-order valence-corrected chi connectivity index (χ3v) is 2.84. The number of hydrogen-bond acceptors (Lipinski definition) is 2. The molecule has 1 aliphatic rings. The van der Waals surface area contributed by atoms with Gasteiger partial charge in [-0.2, -0.15) is 0 Å². The van der Waals surface area contributed by atoms with Crippen LogP contribution in [0.2, 0.25) is 0 Å². The van der Waals surface area contributed by atoms with Crippen LogP contribution in [0.25, 0.3) is 0 Å². The van der Waals surface area contributed by atoms with Crippen LogP contribution in [0.4, 0.5) is 18.9 Å². The van der Waals surface area contributed by atoms with E-state index < -0.39 is 17.6 Å². The largest absolute Gasteiger partial charge is 0.321 e. The van der Waals surface area contributed by atoms with Crippen molar-refractivity contribution in [1.82, 2.24) is 0 Å². The van der Waals surface area contributed by atoms with Gasteiger partial charge in [-0.15, -0.1) is 0 Å². The van der Waals surface area contributed by atoms with Crippen molar-refractivity contribution in [2.75, 3.05) is 5.32 Å². The molecule has 1 aromatic rings. The summed E-state index contributed by atoms with van der Waals surface area (Å²) in [5, 5.41) is 2.53. The number of alkyl halides is 2. The average Bonchev–Trinajstić information content (AvgIpc) is 2.67. The number of carbonyl (C=O) groups is 1. The number of amides is 1. The monoisotopic (exact) mass is 294 g/mol. The smallest absolute Gasteiger partial charge is 0.271 e. The number of anilines is 1. The van der Waals surface area contributed by atoms with Crippen molar-refractivity contribution in [3.05, 3.63) is 54.0 Å². The molecule has 0 aromatic heterocycles. The molecular formula is C15H13F3N2O. The first kappa shape index (κ1) is 15.0. The van der Waals surface area contributed by atoms with Crippen molar-refractivity contribution in [3.8, 4) is 0 Å². The number of allylic oxidation sites excluding steroid dienone is 3. The predicted octanol–water partition coefficient (Wildman–Crippen LogP) is 3.70. The Kier molecular flexibility index (Phi) is 4.26. The summed E-state index contributed by atoms with van der Waals surface area (Å²) in [6.07, 6.45) is 3.84. The van der Waals surface area contributed by atoms with Gasteiger partial charge in [0.15, 0.2) is 0 Å². The number of carbonyl (C=O) groups excluding carboxylic acids is 1. The maximum Gasteiger partial charge on any atom is 0.271 e. The van der Waals surface area contributed by atoms with Crippen LogP contribution in [-0.2, 0) is 4.79 Å². The molecule has 0 aliphatic carbocycles. The highest BCUT2D eigenvalue weighted by Gasteiger charge is 2.26. The molecular weight excluding hydrogens is 281 g/mol. The highest BCUT2D eigenvalue weighted by Crippen LogP contribution is 2.25. The summed E-state index contributed by atoms with van der Waals surface area (Å²) in [5.41, 5.74) is 0.254. The summed E-state index contributed by atoms with van der Waals surface area (Å²) in [6.45, 7) is 0.766. The Bertz CT molecular complexity index is 625. The summed E-state index contributed by atoms with van der Waals surface area (Å²) >= 11 is 0. The molecule has 0 spiro atoms. The van der Waals surface area contributed by atoms with Gasteiger partial charge < -0.3 is 5.32 Å². The van der Waals surface area contributed by atoms with Gasteiger partial charge in [0, 0.05) is 30.8 Å². The molecule has 3 nitrogen and oxygen atoms in total. The Hall–Kier alpha value is -2.37. The molecule has 1 N–H and O–H groups in total. The minimum Gasteiger partial charge on any atom is -0.321 e. The number of halogens is 3. The lowest BCUT2D eigenvalue weighted by Crippen LogP contribution is -2.22. The van der Waals surface area contributed by atoms with Crippen LogP contribution in [0.5, 0.6) is 0 Å². The number of hydrogen-bond donors (Lipinski definition) is 1. The normalized spacial score (nSPS) is 15.0. The van der Waals surface area contributed by atoms with Gasteiger partial charge in [0.2, 0.25) is 0 Å². The third-order valence-electron chi connectivity index (χ3n) is 2.84. The van der Waals surface area contributed by atoms with Crippen LogP contribution in [0, 0.1) is 5.82 Å². The topological polar surface area (TPSA) is 41.5 Å². The van der Waals surface area contributed by atoms with Crippen molar-refractivity contribution in [2.45, 2.75) is 19.3 Å². The van der Waals surface area contributed by atoms with E-state index >= 15 is 0 Å². The minimum atomic E-state index is -3.01. The Morgan fingerprint density at radius 1 is 1.29 bits per heavy atom. The Morgan fingerprint density at radius 3 is 2.57 bits per heavy atom. The predicted molar refractivity (Wildman–Crippen MR) is 74.9 cm³/mol. The molecule has 110 valence electrons. The molecule has 1 amide bonds. The Morgan fingerprint density at radius 2 is 1.95 bits per heavy atom. The molecule has 0 bridgehead atoms. The van der Waals surface area contributed by atoms with Gasteiger partial charge in [-0.05, 0) is 24.3 Å². The number of nitrogens with one attached hydrogen (secondary N) is 1. The summed E-state index contributed by atoms with van der Waals surface area (Å²) in [6, 6.07) is 5.23. The fourth-order valence-electron chi connectivity index (χ4n) is 1.69. The fourth-order valence-corrected chi connectivity index (χ4v) is 1.69. The molecule has 2 rings (SSSR count). The molecule has 0 saturated carbocycles. The van der Waals surface area contributed by atoms with Gasteiger partial charge in [-0.25, -0.2) is 13.2 Å². The highest BCUT2D eigenvalue weighted by atomic mass is 19.3. The molecule has 6 heteroatoms. The summed E-state index contributed by atoms with van der Waals surface area (Å²) < 4.78 is 39.1. The second-order valence-electron chi connectivity index (χ2n) is 4.62. The zero-order chi connectivity index (χ0) is 15.5. The van der Waals surface area contributed by atoms with E-state index in [0.29, 0.717) is 5.69 Å². The number of benzene rings is 1. The fraction of sp³-hybridized carbons (Fsp3) is 0.200. The lowest BCUT2D eigenvalue weighted by atomic mass is 10.1. The average molecular weight is 294 g/mol. The molecule has 0 fully saturated rings. The highest BCUT2D eigenvalue weighted by molar-refractivity contribution is 6.43. The van der Waals surface area contributed by atoms with Crippen LogP contribution in [0.1, 0.15) is 13.3 Å². The first-order chi connectivity index (χ1) is 9.86. The molecule has 0 atom stereocenters. The van der Waals surface area contributed by atoms with E-state index in [0.717, 1.165) is 13.1 Å². The molecule has 0 radical (unpaired) electrons. The Balaban J connectivity index is 2.13. The van der Waals surface area contributed by atoms with Gasteiger partial charge in [-0.3, -0.25) is 9.79 Å². The Labute approximate surface area is 119 Å². The maximum atomic E-state index is 13.2. The van der Waals surface area contributed by atoms with Crippen molar-refractivity contribution in [3.63, 3.8) is 0 Å². The molecule has 1 heterocycles. The van der Waals surface area contributed by atoms with E-state index in [9.17, 15) is 18.0 Å².